The summed E-state index contributed by atoms with van der Waals surface area (Å²) in [5.74, 6) is 0.988. The number of hydrogen-bond donors (Lipinski definition) is 1. The Bertz CT molecular complexity index is 1120. The first-order valence-electron chi connectivity index (χ1n) is 8.94. The Morgan fingerprint density at radius 3 is 2.24 bits per heavy atom. The van der Waals surface area contributed by atoms with Gasteiger partial charge in [-0.3, -0.25) is 4.79 Å². The van der Waals surface area contributed by atoms with Crippen LogP contribution in [0.15, 0.2) is 77.7 Å². The van der Waals surface area contributed by atoms with Gasteiger partial charge in [-0.2, -0.15) is 0 Å². The summed E-state index contributed by atoms with van der Waals surface area (Å²) in [5, 5.41) is 2.76. The number of nitrogens with one attached hydrogen (secondary N) is 1. The molecule has 0 aliphatic carbocycles. The summed E-state index contributed by atoms with van der Waals surface area (Å²) >= 11 is 0. The third-order valence-corrected chi connectivity index (χ3v) is 6.02. The van der Waals surface area contributed by atoms with E-state index in [1.165, 1.54) is 26.2 Å². The van der Waals surface area contributed by atoms with Crippen LogP contribution in [-0.4, -0.2) is 32.7 Å². The predicted octanol–water partition coefficient (Wildman–Crippen LogP) is 4.29. The first-order chi connectivity index (χ1) is 13.8. The van der Waals surface area contributed by atoms with Crippen molar-refractivity contribution in [3.05, 3.63) is 83.9 Å². The SMILES string of the molecule is Cc1cccc(Oc2ccc(NC(=O)c3cccc(S(=O)(=O)N(C)C)c3)cc2)c1. The van der Waals surface area contributed by atoms with Gasteiger partial charge in [0.1, 0.15) is 11.5 Å². The van der Waals surface area contributed by atoms with Crippen LogP contribution in [0.2, 0.25) is 0 Å². The Hall–Kier alpha value is -3.16. The molecule has 150 valence electrons. The average molecular weight is 410 g/mol. The summed E-state index contributed by atoms with van der Waals surface area (Å²) in [6.45, 7) is 1.99. The van der Waals surface area contributed by atoms with Crippen molar-refractivity contribution >= 4 is 21.6 Å². The van der Waals surface area contributed by atoms with E-state index in [1.54, 1.807) is 36.4 Å². The molecule has 0 heterocycles. The fourth-order valence-corrected chi connectivity index (χ4v) is 3.58. The van der Waals surface area contributed by atoms with Crippen LogP contribution in [0.25, 0.3) is 0 Å². The van der Waals surface area contributed by atoms with Crippen molar-refractivity contribution in [2.24, 2.45) is 0 Å². The molecule has 0 aliphatic rings. The lowest BCUT2D eigenvalue weighted by molar-refractivity contribution is 0.102. The van der Waals surface area contributed by atoms with Crippen LogP contribution in [0.1, 0.15) is 15.9 Å². The lowest BCUT2D eigenvalue weighted by Crippen LogP contribution is -2.22. The molecule has 3 aromatic carbocycles. The van der Waals surface area contributed by atoms with Gasteiger partial charge in [-0.05, 0) is 67.1 Å². The summed E-state index contributed by atoms with van der Waals surface area (Å²) in [4.78, 5) is 12.6. The van der Waals surface area contributed by atoms with Crippen LogP contribution in [-0.2, 0) is 10.0 Å². The summed E-state index contributed by atoms with van der Waals surface area (Å²) in [6.07, 6.45) is 0. The molecular weight excluding hydrogens is 388 g/mol. The third kappa shape index (κ3) is 5.01. The zero-order chi connectivity index (χ0) is 21.0. The molecule has 1 amide bonds. The average Bonchev–Trinajstić information content (AvgIpc) is 2.69. The first kappa shape index (κ1) is 20.6. The number of carbonyl (C=O) groups is 1. The lowest BCUT2D eigenvalue weighted by atomic mass is 10.2. The number of amides is 1. The second kappa shape index (κ2) is 8.46. The zero-order valence-corrected chi connectivity index (χ0v) is 17.2. The van der Waals surface area contributed by atoms with Crippen LogP contribution in [0, 0.1) is 6.92 Å². The topological polar surface area (TPSA) is 75.7 Å². The van der Waals surface area contributed by atoms with Crippen molar-refractivity contribution in [1.82, 2.24) is 4.31 Å². The van der Waals surface area contributed by atoms with E-state index in [0.717, 1.165) is 15.6 Å². The van der Waals surface area contributed by atoms with Gasteiger partial charge in [0, 0.05) is 25.3 Å². The van der Waals surface area contributed by atoms with Crippen molar-refractivity contribution in [3.63, 3.8) is 0 Å². The highest BCUT2D eigenvalue weighted by atomic mass is 32.2. The van der Waals surface area contributed by atoms with Gasteiger partial charge >= 0.3 is 0 Å². The minimum absolute atomic E-state index is 0.0667. The summed E-state index contributed by atoms with van der Waals surface area (Å²) in [5.41, 5.74) is 1.94. The standard InChI is InChI=1S/C22H22N2O4S/c1-16-6-4-8-20(14-16)28-19-12-10-18(11-13-19)23-22(25)17-7-5-9-21(15-17)29(26,27)24(2)3/h4-15H,1-3H3,(H,23,25). The first-order valence-corrected chi connectivity index (χ1v) is 10.4. The van der Waals surface area contributed by atoms with Crippen LogP contribution in [0.3, 0.4) is 0 Å². The van der Waals surface area contributed by atoms with Crippen LogP contribution < -0.4 is 10.1 Å². The Morgan fingerprint density at radius 1 is 0.897 bits per heavy atom. The third-order valence-electron chi connectivity index (χ3n) is 4.21. The normalized spacial score (nSPS) is 11.3. The zero-order valence-electron chi connectivity index (χ0n) is 16.4. The van der Waals surface area contributed by atoms with E-state index in [2.05, 4.69) is 5.32 Å². The van der Waals surface area contributed by atoms with E-state index >= 15 is 0 Å². The second-order valence-electron chi connectivity index (χ2n) is 6.71. The number of hydrogen-bond acceptors (Lipinski definition) is 4. The Kier molecular flexibility index (Phi) is 6.00. The molecule has 0 saturated heterocycles. The lowest BCUT2D eigenvalue weighted by Gasteiger charge is -2.12. The smallest absolute Gasteiger partial charge is 0.255 e. The molecule has 0 unspecified atom stereocenters. The monoisotopic (exact) mass is 410 g/mol. The van der Waals surface area contributed by atoms with E-state index in [-0.39, 0.29) is 10.5 Å². The van der Waals surface area contributed by atoms with E-state index < -0.39 is 15.9 Å². The van der Waals surface area contributed by atoms with Crippen molar-refractivity contribution in [2.45, 2.75) is 11.8 Å². The van der Waals surface area contributed by atoms with Gasteiger partial charge in [0.2, 0.25) is 10.0 Å². The van der Waals surface area contributed by atoms with Crippen molar-refractivity contribution in [3.8, 4) is 11.5 Å². The molecular formula is C22H22N2O4S. The maximum atomic E-state index is 12.5. The molecule has 1 N–H and O–H groups in total. The number of anilines is 1. The molecule has 29 heavy (non-hydrogen) atoms. The van der Waals surface area contributed by atoms with Gasteiger partial charge in [-0.25, -0.2) is 12.7 Å². The minimum atomic E-state index is -3.61. The number of sulfonamides is 1. The van der Waals surface area contributed by atoms with Crippen LogP contribution >= 0.6 is 0 Å². The van der Waals surface area contributed by atoms with E-state index in [0.29, 0.717) is 11.4 Å². The summed E-state index contributed by atoms with van der Waals surface area (Å²) < 4.78 is 31.4. The molecule has 3 aromatic rings. The largest absolute Gasteiger partial charge is 0.457 e. The number of aryl methyl sites for hydroxylation is 1. The van der Waals surface area contributed by atoms with E-state index in [9.17, 15) is 13.2 Å². The number of rotatable bonds is 6. The highest BCUT2D eigenvalue weighted by Crippen LogP contribution is 2.24. The predicted molar refractivity (Wildman–Crippen MR) is 113 cm³/mol. The number of carbonyl (C=O) groups excluding carboxylic acids is 1. The molecule has 0 aromatic heterocycles. The maximum absolute atomic E-state index is 12.5. The molecule has 0 atom stereocenters. The Labute approximate surface area is 170 Å². The summed E-state index contributed by atoms with van der Waals surface area (Å²) in [6, 6.07) is 20.6. The Balaban J connectivity index is 1.71. The van der Waals surface area contributed by atoms with Gasteiger partial charge in [-0.15, -0.1) is 0 Å². The molecule has 3 rings (SSSR count). The quantitative estimate of drug-likeness (QED) is 0.658. The van der Waals surface area contributed by atoms with Crippen molar-refractivity contribution in [2.75, 3.05) is 19.4 Å². The van der Waals surface area contributed by atoms with Gasteiger partial charge in [0.05, 0.1) is 4.90 Å². The molecule has 7 heteroatoms. The van der Waals surface area contributed by atoms with Gasteiger partial charge in [-0.1, -0.05) is 18.2 Å². The van der Waals surface area contributed by atoms with Crippen molar-refractivity contribution in [1.29, 1.82) is 0 Å². The molecule has 0 spiro atoms. The van der Waals surface area contributed by atoms with Gasteiger partial charge < -0.3 is 10.1 Å². The molecule has 6 nitrogen and oxygen atoms in total. The highest BCUT2D eigenvalue weighted by Gasteiger charge is 2.18. The molecule has 0 aliphatic heterocycles. The molecule has 0 fully saturated rings. The number of ether oxygens (including phenoxy) is 1. The minimum Gasteiger partial charge on any atom is -0.457 e. The van der Waals surface area contributed by atoms with Gasteiger partial charge in [0.15, 0.2) is 0 Å². The number of benzene rings is 3. The highest BCUT2D eigenvalue weighted by molar-refractivity contribution is 7.89. The Morgan fingerprint density at radius 2 is 1.59 bits per heavy atom. The fourth-order valence-electron chi connectivity index (χ4n) is 2.63. The molecule has 0 bridgehead atoms. The van der Waals surface area contributed by atoms with E-state index in [4.69, 9.17) is 4.74 Å². The second-order valence-corrected chi connectivity index (χ2v) is 8.86. The molecule has 0 saturated carbocycles. The number of nitrogens with zero attached hydrogens (tertiary/aromatic N) is 1. The van der Waals surface area contributed by atoms with Crippen molar-refractivity contribution < 1.29 is 17.9 Å². The van der Waals surface area contributed by atoms with Crippen LogP contribution in [0.5, 0.6) is 11.5 Å². The maximum Gasteiger partial charge on any atom is 0.255 e. The van der Waals surface area contributed by atoms with Gasteiger partial charge in [0.25, 0.3) is 5.91 Å². The summed E-state index contributed by atoms with van der Waals surface area (Å²) in [7, 11) is -0.714. The van der Waals surface area contributed by atoms with Crippen LogP contribution in [0.4, 0.5) is 5.69 Å². The molecule has 0 radical (unpaired) electrons. The fraction of sp³-hybridized carbons (Fsp3) is 0.136. The van der Waals surface area contributed by atoms with E-state index in [1.807, 2.05) is 31.2 Å².